The molecule has 116 heavy (non-hydrogen) atoms. The lowest BCUT2D eigenvalue weighted by molar-refractivity contribution is 0.0940. The summed E-state index contributed by atoms with van der Waals surface area (Å²) < 4.78 is 36.1. The Balaban J connectivity index is 0.000000135. The number of ether oxygens (including phenoxy) is 3. The van der Waals surface area contributed by atoms with E-state index in [1.54, 1.807) is 130 Å². The summed E-state index contributed by atoms with van der Waals surface area (Å²) in [4.78, 5) is 101. The number of halogens is 1. The van der Waals surface area contributed by atoms with E-state index in [1.165, 1.54) is 25.3 Å². The van der Waals surface area contributed by atoms with Crippen LogP contribution in [0.5, 0.6) is 17.2 Å². The number of aryl methyl sites for hydroxylation is 8. The number of nitrogens with two attached hydrogens (primary N) is 1. The van der Waals surface area contributed by atoms with Crippen molar-refractivity contribution < 1.29 is 37.8 Å². The Kier molecular flexibility index (Phi) is 24.6. The molecule has 16 aromatic rings. The number of benzene rings is 8. The van der Waals surface area contributed by atoms with Gasteiger partial charge in [-0.05, 0) is 157 Å². The van der Waals surface area contributed by atoms with Gasteiger partial charge in [0.15, 0.2) is 0 Å². The van der Waals surface area contributed by atoms with Crippen LogP contribution in [0.4, 0.5) is 10.1 Å². The maximum absolute atomic E-state index is 13.7. The lowest BCUT2D eigenvalue weighted by Gasteiger charge is -2.12. The molecule has 16 rings (SSSR count). The fourth-order valence-corrected chi connectivity index (χ4v) is 14.3. The maximum atomic E-state index is 13.7. The number of carbonyl (C=O) groups excluding carboxylic acids is 4. The summed E-state index contributed by atoms with van der Waals surface area (Å²) in [5, 5.41) is 46.2. The minimum atomic E-state index is -0.564. The Labute approximate surface area is 661 Å². The number of nitrogen functional groups attached to an aromatic ring is 1. The second kappa shape index (κ2) is 35.9. The molecule has 29 heteroatoms. The summed E-state index contributed by atoms with van der Waals surface area (Å²) in [5.74, 6) is 0.333. The van der Waals surface area contributed by atoms with Crippen molar-refractivity contribution in [1.82, 2.24) is 80.3 Å². The zero-order valence-corrected chi connectivity index (χ0v) is 64.9. The van der Waals surface area contributed by atoms with Gasteiger partial charge in [-0.15, -0.1) is 0 Å². The van der Waals surface area contributed by atoms with E-state index in [0.717, 1.165) is 60.7 Å². The molecular formula is C87H86FN17O11. The number of anilines is 1. The van der Waals surface area contributed by atoms with E-state index >= 15 is 0 Å². The lowest BCUT2D eigenvalue weighted by atomic mass is 10.1. The first-order valence-electron chi connectivity index (χ1n) is 37.7. The number of nitrogens with zero attached hydrogens (tertiary/aromatic N) is 8. The monoisotopic (exact) mass is 1560 g/mol. The van der Waals surface area contributed by atoms with Gasteiger partial charge in [-0.2, -0.15) is 20.4 Å². The Morgan fingerprint density at radius 1 is 0.371 bits per heavy atom. The molecule has 0 saturated heterocycles. The van der Waals surface area contributed by atoms with Gasteiger partial charge in [-0.3, -0.25) is 58.8 Å². The molecule has 0 aliphatic heterocycles. The molecule has 8 heterocycles. The number of hydrogen-bond acceptors (Lipinski definition) is 16. The largest absolute Gasteiger partial charge is 0.497 e. The number of aromatic amines is 4. The van der Waals surface area contributed by atoms with Crippen molar-refractivity contribution in [2.24, 2.45) is 0 Å². The van der Waals surface area contributed by atoms with Crippen molar-refractivity contribution in [2.45, 2.75) is 79.6 Å². The molecule has 0 radical (unpaired) electrons. The molecule has 8 aromatic carbocycles. The maximum Gasteiger partial charge on any atom is 0.262 e. The van der Waals surface area contributed by atoms with Gasteiger partial charge in [-0.25, -0.2) is 4.39 Å². The van der Waals surface area contributed by atoms with Gasteiger partial charge in [0.25, 0.3) is 45.9 Å². The van der Waals surface area contributed by atoms with E-state index in [2.05, 4.69) is 62.1 Å². The normalized spacial score (nSPS) is 11.1. The second-order valence-electron chi connectivity index (χ2n) is 27.5. The molecule has 0 aliphatic rings. The number of aromatic nitrogens is 12. The molecule has 0 unspecified atom stereocenters. The SMILES string of the molecule is COc1ccc(C(=O)NCCCn2c(=O)c3c(C)[nH]nc3c3ccccc32)cc1.COc1cccc(C(=O)NCCCn2c(=O)c3c(C)[nH]nc3c3ccccc32)c1.COc1ccccc1C(=O)NCCCn1c(=O)c2c(C)[nH]nc2c2ccccc21.Cc1[nH]nc2c1c(=O)n(CCCNC(=O)c1ccccc1F)c1ccc(N)cc21. The van der Waals surface area contributed by atoms with Gasteiger partial charge < -0.3 is 59.5 Å². The summed E-state index contributed by atoms with van der Waals surface area (Å²) in [6.45, 7) is 10.9. The highest BCUT2D eigenvalue weighted by molar-refractivity contribution is 6.08. The van der Waals surface area contributed by atoms with Crippen molar-refractivity contribution in [3.63, 3.8) is 0 Å². The predicted octanol–water partition coefficient (Wildman–Crippen LogP) is 11.8. The highest BCUT2D eigenvalue weighted by atomic mass is 19.1. The molecule has 28 nitrogen and oxygen atoms in total. The van der Waals surface area contributed by atoms with Crippen LogP contribution in [0.2, 0.25) is 0 Å². The third-order valence-electron chi connectivity index (χ3n) is 20.1. The minimum Gasteiger partial charge on any atom is -0.497 e. The molecule has 592 valence electrons. The number of methoxy groups -OCH3 is 3. The van der Waals surface area contributed by atoms with E-state index in [9.17, 15) is 42.7 Å². The number of H-pyrrole nitrogens is 4. The minimum absolute atomic E-state index is 0.000957. The van der Waals surface area contributed by atoms with Gasteiger partial charge in [-0.1, -0.05) is 84.9 Å². The average molecular weight is 1560 g/mol. The Bertz CT molecular complexity index is 6630. The first kappa shape index (κ1) is 79.6. The number of pyridine rings is 4. The van der Waals surface area contributed by atoms with Gasteiger partial charge in [0.2, 0.25) is 0 Å². The smallest absolute Gasteiger partial charge is 0.262 e. The molecular weight excluding hydrogens is 1480 g/mol. The van der Waals surface area contributed by atoms with Gasteiger partial charge in [0.05, 0.1) is 76.1 Å². The van der Waals surface area contributed by atoms with Crippen molar-refractivity contribution in [2.75, 3.05) is 53.2 Å². The van der Waals surface area contributed by atoms with E-state index in [1.807, 2.05) is 99.6 Å². The molecule has 0 atom stereocenters. The van der Waals surface area contributed by atoms with E-state index in [-0.39, 0.29) is 45.5 Å². The van der Waals surface area contributed by atoms with Crippen LogP contribution in [-0.4, -0.2) is 130 Å². The van der Waals surface area contributed by atoms with Crippen molar-refractivity contribution in [1.29, 1.82) is 0 Å². The Morgan fingerprint density at radius 2 is 0.733 bits per heavy atom. The molecule has 8 aromatic heterocycles. The van der Waals surface area contributed by atoms with E-state index < -0.39 is 11.7 Å². The quantitative estimate of drug-likeness (QED) is 0.0212. The molecule has 0 saturated carbocycles. The number of fused-ring (bicyclic) bond motifs is 12. The predicted molar refractivity (Wildman–Crippen MR) is 448 cm³/mol. The van der Waals surface area contributed by atoms with Crippen LogP contribution in [0.3, 0.4) is 0 Å². The van der Waals surface area contributed by atoms with Gasteiger partial charge in [0.1, 0.15) is 45.1 Å². The number of hydrogen-bond donors (Lipinski definition) is 9. The number of rotatable bonds is 23. The van der Waals surface area contributed by atoms with E-state index in [4.69, 9.17) is 19.9 Å². The zero-order chi connectivity index (χ0) is 81.7. The highest BCUT2D eigenvalue weighted by Gasteiger charge is 2.22. The number of amides is 4. The molecule has 4 amide bonds. The highest BCUT2D eigenvalue weighted by Crippen LogP contribution is 2.29. The zero-order valence-electron chi connectivity index (χ0n) is 64.9. The summed E-state index contributed by atoms with van der Waals surface area (Å²) in [6.07, 6.45) is 2.38. The summed E-state index contributed by atoms with van der Waals surface area (Å²) >= 11 is 0. The number of para-hydroxylation sites is 4. The number of nitrogens with one attached hydrogen (secondary N) is 8. The third-order valence-corrected chi connectivity index (χ3v) is 20.1. The summed E-state index contributed by atoms with van der Waals surface area (Å²) in [6, 6.07) is 55.5. The van der Waals surface area contributed by atoms with Crippen LogP contribution in [0.15, 0.2) is 207 Å². The molecule has 0 aliphatic carbocycles. The lowest BCUT2D eigenvalue weighted by Crippen LogP contribution is -2.28. The van der Waals surface area contributed by atoms with Crippen LogP contribution < -0.4 is 63.4 Å². The van der Waals surface area contributed by atoms with Gasteiger partial charge >= 0.3 is 0 Å². The Morgan fingerprint density at radius 3 is 1.16 bits per heavy atom. The van der Waals surface area contributed by atoms with Gasteiger partial charge in [0, 0.05) is 113 Å². The first-order chi connectivity index (χ1) is 56.3. The first-order valence-corrected chi connectivity index (χ1v) is 37.7. The third kappa shape index (κ3) is 16.8. The molecule has 0 fully saturated rings. The molecule has 10 N–H and O–H groups in total. The van der Waals surface area contributed by atoms with Crippen LogP contribution >= 0.6 is 0 Å². The standard InChI is InChI=1S/3C22H22N4O3.C21H20FN5O2/c1-14-19-20(25-24-14)15-8-3-5-10-17(15)26(22(19)28)13-7-12-23-21(27)16-9-4-6-11-18(16)29-2;1-14-19-20(25-24-14)17-9-3-4-10-18(17)26(22(19)28)12-6-11-23-21(27)15-7-5-8-16(13-15)29-2;1-14-19-20(25-24-14)17-6-3-4-7-18(17)26(22(19)28)13-5-12-23-21(27)15-8-10-16(29-2)11-9-15;1-12-18-19(26-25-12)15-11-13(23)7-8-17(15)27(21(18)29)10-4-9-24-20(28)14-5-2-3-6-16(14)22/h3-6,8-11H,7,12-13H2,1-2H3,(H,23,27)(H,24,25);3-5,7-10,13H,6,11-12H2,1-2H3,(H,23,27)(H,24,25);3-4,6-11H,5,12-13H2,1-2H3,(H,23,27)(H,24,25);2-3,5-8,11H,4,9-10,23H2,1H3,(H,24,28)(H,25,26). The number of carbonyl (C=O) groups is 4. The fourth-order valence-electron chi connectivity index (χ4n) is 14.3. The van der Waals surface area contributed by atoms with Crippen LogP contribution in [0.25, 0.3) is 87.2 Å². The summed E-state index contributed by atoms with van der Waals surface area (Å²) in [5.41, 5.74) is 16.7. The molecule has 0 bridgehead atoms. The fraction of sp³-hybridized carbons (Fsp3) is 0.218. The van der Waals surface area contributed by atoms with Crippen molar-refractivity contribution in [3.05, 3.63) is 280 Å². The van der Waals surface area contributed by atoms with Crippen LogP contribution in [0.1, 0.15) is 89.9 Å². The second-order valence-corrected chi connectivity index (χ2v) is 27.5. The van der Waals surface area contributed by atoms with Crippen LogP contribution in [0, 0.1) is 33.5 Å². The topological polar surface area (TPSA) is 373 Å². The van der Waals surface area contributed by atoms with Crippen molar-refractivity contribution >= 4 is 117 Å². The van der Waals surface area contributed by atoms with Crippen LogP contribution in [-0.2, 0) is 26.2 Å². The van der Waals surface area contributed by atoms with E-state index in [0.29, 0.717) is 167 Å². The average Bonchev–Trinajstić information content (AvgIpc) is 1.55. The van der Waals surface area contributed by atoms with Crippen molar-refractivity contribution in [3.8, 4) is 17.2 Å². The molecule has 0 spiro atoms. The Hall–Kier alpha value is -14.5. The summed E-state index contributed by atoms with van der Waals surface area (Å²) in [7, 11) is 4.69.